The number of rotatable bonds is 7. The van der Waals surface area contributed by atoms with Gasteiger partial charge in [-0.05, 0) is 18.9 Å². The number of methoxy groups -OCH3 is 1. The van der Waals surface area contributed by atoms with E-state index >= 15 is 0 Å². The van der Waals surface area contributed by atoms with Crippen molar-refractivity contribution in [2.24, 2.45) is 11.7 Å². The lowest BCUT2D eigenvalue weighted by Crippen LogP contribution is -2.26. The maximum Gasteiger partial charge on any atom is 0.152 e. The van der Waals surface area contributed by atoms with E-state index in [2.05, 4.69) is 0 Å². The molecule has 2 atom stereocenters. The summed E-state index contributed by atoms with van der Waals surface area (Å²) >= 11 is 0. The molecule has 20 heavy (non-hydrogen) atoms. The quantitative estimate of drug-likeness (QED) is 0.839. The molecule has 5 heteroatoms. The third-order valence-corrected chi connectivity index (χ3v) is 5.40. The number of benzene rings is 1. The van der Waals surface area contributed by atoms with Gasteiger partial charge in [-0.2, -0.15) is 0 Å². The molecule has 1 rings (SSSR count). The van der Waals surface area contributed by atoms with E-state index < -0.39 is 15.9 Å². The fourth-order valence-corrected chi connectivity index (χ4v) is 4.09. The summed E-state index contributed by atoms with van der Waals surface area (Å²) in [6.45, 7) is 5.88. The third kappa shape index (κ3) is 4.80. The number of hydrogen-bond acceptors (Lipinski definition) is 4. The number of aryl methyl sites for hydroxylation is 1. The zero-order valence-corrected chi connectivity index (χ0v) is 13.5. The van der Waals surface area contributed by atoms with Crippen LogP contribution in [-0.2, 0) is 9.84 Å². The van der Waals surface area contributed by atoms with Gasteiger partial charge in [-0.25, -0.2) is 8.42 Å². The van der Waals surface area contributed by atoms with E-state index in [0.29, 0.717) is 5.75 Å². The lowest BCUT2D eigenvalue weighted by atomic mass is 10.1. The number of hydrogen-bond donors (Lipinski definition) is 1. The van der Waals surface area contributed by atoms with Gasteiger partial charge in [0, 0.05) is 11.6 Å². The molecule has 0 amide bonds. The number of sulfone groups is 1. The predicted molar refractivity (Wildman–Crippen MR) is 82.8 cm³/mol. The van der Waals surface area contributed by atoms with Gasteiger partial charge >= 0.3 is 0 Å². The van der Waals surface area contributed by atoms with Gasteiger partial charge in [-0.1, -0.05) is 38.0 Å². The first-order valence-electron chi connectivity index (χ1n) is 6.89. The molecule has 0 spiro atoms. The minimum atomic E-state index is -3.16. The first-order chi connectivity index (χ1) is 9.29. The topological polar surface area (TPSA) is 69.4 Å². The molecule has 0 radical (unpaired) electrons. The summed E-state index contributed by atoms with van der Waals surface area (Å²) in [5.74, 6) is 0.941. The van der Waals surface area contributed by atoms with E-state index in [1.807, 2.05) is 39.0 Å². The maximum absolute atomic E-state index is 12.1. The van der Waals surface area contributed by atoms with Crippen molar-refractivity contribution in [1.82, 2.24) is 0 Å². The van der Waals surface area contributed by atoms with Crippen molar-refractivity contribution in [1.29, 1.82) is 0 Å². The summed E-state index contributed by atoms with van der Waals surface area (Å²) in [7, 11) is -1.59. The molecule has 2 N–H and O–H groups in total. The van der Waals surface area contributed by atoms with Crippen molar-refractivity contribution in [2.75, 3.05) is 18.6 Å². The maximum atomic E-state index is 12.1. The molecule has 0 bridgehead atoms. The van der Waals surface area contributed by atoms with E-state index in [1.165, 1.54) is 0 Å². The minimum absolute atomic E-state index is 0.0445. The zero-order chi connectivity index (χ0) is 15.3. The van der Waals surface area contributed by atoms with Crippen molar-refractivity contribution < 1.29 is 13.2 Å². The molecular formula is C15H25NO3S. The normalized spacial score (nSPS) is 14.8. The monoisotopic (exact) mass is 299 g/mol. The third-order valence-electron chi connectivity index (χ3n) is 3.45. The highest BCUT2D eigenvalue weighted by molar-refractivity contribution is 7.91. The predicted octanol–water partition coefficient (Wildman–Crippen LogP) is 2.46. The Kier molecular flexibility index (Phi) is 6.02. The second kappa shape index (κ2) is 7.09. The van der Waals surface area contributed by atoms with Crippen molar-refractivity contribution in [3.8, 4) is 5.75 Å². The van der Waals surface area contributed by atoms with Crippen LogP contribution in [0, 0.1) is 12.8 Å². The number of ether oxygens (including phenoxy) is 1. The molecule has 1 aromatic rings. The Morgan fingerprint density at radius 1 is 1.30 bits per heavy atom. The zero-order valence-electron chi connectivity index (χ0n) is 12.7. The van der Waals surface area contributed by atoms with Crippen molar-refractivity contribution in [2.45, 2.75) is 33.2 Å². The molecule has 1 aromatic carbocycles. The Morgan fingerprint density at radius 2 is 1.95 bits per heavy atom. The molecule has 0 aliphatic carbocycles. The molecule has 0 heterocycles. The average Bonchev–Trinajstić information content (AvgIpc) is 2.37. The minimum Gasteiger partial charge on any atom is -0.496 e. The van der Waals surface area contributed by atoms with Gasteiger partial charge in [0.1, 0.15) is 5.75 Å². The van der Waals surface area contributed by atoms with Crippen LogP contribution in [0.25, 0.3) is 0 Å². The van der Waals surface area contributed by atoms with Gasteiger partial charge < -0.3 is 10.5 Å². The molecule has 0 saturated heterocycles. The lowest BCUT2D eigenvalue weighted by molar-refractivity contribution is 0.406. The fourth-order valence-electron chi connectivity index (χ4n) is 2.13. The average molecular weight is 299 g/mol. The first-order valence-corrected chi connectivity index (χ1v) is 8.71. The van der Waals surface area contributed by atoms with Gasteiger partial charge in [0.2, 0.25) is 0 Å². The van der Waals surface area contributed by atoms with Gasteiger partial charge in [0.25, 0.3) is 0 Å². The summed E-state index contributed by atoms with van der Waals surface area (Å²) < 4.78 is 29.6. The summed E-state index contributed by atoms with van der Waals surface area (Å²) in [4.78, 5) is 0. The van der Waals surface area contributed by atoms with E-state index in [4.69, 9.17) is 10.5 Å². The van der Waals surface area contributed by atoms with Gasteiger partial charge in [0.15, 0.2) is 9.84 Å². The van der Waals surface area contributed by atoms with E-state index in [0.717, 1.165) is 17.5 Å². The van der Waals surface area contributed by atoms with Crippen LogP contribution in [0.15, 0.2) is 18.2 Å². The van der Waals surface area contributed by atoms with Crippen LogP contribution in [0.2, 0.25) is 0 Å². The molecule has 2 unspecified atom stereocenters. The second-order valence-corrected chi connectivity index (χ2v) is 7.60. The Labute approximate surface area is 122 Å². The van der Waals surface area contributed by atoms with Crippen LogP contribution in [0.1, 0.15) is 37.4 Å². The SMILES string of the molecule is CCC(C)CS(=O)(=O)CC(N)c1cc(C)ccc1OC. The van der Waals surface area contributed by atoms with Gasteiger partial charge in [-0.15, -0.1) is 0 Å². The van der Waals surface area contributed by atoms with Crippen LogP contribution < -0.4 is 10.5 Å². The highest BCUT2D eigenvalue weighted by atomic mass is 32.2. The Balaban J connectivity index is 2.91. The standard InChI is InChI=1S/C15H25NO3S/c1-5-11(2)9-20(17,18)10-14(16)13-8-12(3)6-7-15(13)19-4/h6-8,11,14H,5,9-10,16H2,1-4H3. The first kappa shape index (κ1) is 17.0. The van der Waals surface area contributed by atoms with E-state index in [1.54, 1.807) is 7.11 Å². The second-order valence-electron chi connectivity index (χ2n) is 5.44. The Morgan fingerprint density at radius 3 is 2.50 bits per heavy atom. The molecule has 4 nitrogen and oxygen atoms in total. The molecule has 0 aromatic heterocycles. The highest BCUT2D eigenvalue weighted by Crippen LogP contribution is 2.26. The van der Waals surface area contributed by atoms with E-state index in [9.17, 15) is 8.42 Å². The summed E-state index contributed by atoms with van der Waals surface area (Å²) in [6.07, 6.45) is 0.849. The summed E-state index contributed by atoms with van der Waals surface area (Å²) in [6, 6.07) is 5.08. The van der Waals surface area contributed by atoms with Crippen molar-refractivity contribution in [3.05, 3.63) is 29.3 Å². The molecule has 0 aliphatic rings. The molecule has 0 saturated carbocycles. The van der Waals surface area contributed by atoms with Gasteiger partial charge in [0.05, 0.1) is 18.6 Å². The van der Waals surface area contributed by atoms with Crippen molar-refractivity contribution >= 4 is 9.84 Å². The van der Waals surface area contributed by atoms with Crippen LogP contribution in [0.4, 0.5) is 0 Å². The fraction of sp³-hybridized carbons (Fsp3) is 0.600. The summed E-state index contributed by atoms with van der Waals surface area (Å²) in [5, 5.41) is 0. The van der Waals surface area contributed by atoms with Crippen LogP contribution >= 0.6 is 0 Å². The van der Waals surface area contributed by atoms with Crippen LogP contribution in [0.3, 0.4) is 0 Å². The largest absolute Gasteiger partial charge is 0.496 e. The lowest BCUT2D eigenvalue weighted by Gasteiger charge is -2.17. The molecular weight excluding hydrogens is 274 g/mol. The molecule has 0 fully saturated rings. The molecule has 0 aliphatic heterocycles. The number of nitrogens with two attached hydrogens (primary N) is 1. The van der Waals surface area contributed by atoms with E-state index in [-0.39, 0.29) is 17.4 Å². The smallest absolute Gasteiger partial charge is 0.152 e. The van der Waals surface area contributed by atoms with Gasteiger partial charge in [-0.3, -0.25) is 0 Å². The Hall–Kier alpha value is -1.07. The Bertz CT molecular complexity index is 540. The van der Waals surface area contributed by atoms with Crippen LogP contribution in [0.5, 0.6) is 5.75 Å². The van der Waals surface area contributed by atoms with Crippen molar-refractivity contribution in [3.63, 3.8) is 0 Å². The van der Waals surface area contributed by atoms with Crippen LogP contribution in [-0.4, -0.2) is 27.0 Å². The molecule has 114 valence electrons. The summed E-state index contributed by atoms with van der Waals surface area (Å²) in [5.41, 5.74) is 7.87. The highest BCUT2D eigenvalue weighted by Gasteiger charge is 2.22.